The van der Waals surface area contributed by atoms with Crippen LogP contribution < -0.4 is 10.6 Å². The van der Waals surface area contributed by atoms with Crippen molar-refractivity contribution in [3.05, 3.63) is 17.8 Å². The second-order valence-corrected chi connectivity index (χ2v) is 5.09. The normalized spacial score (nSPS) is 17.3. The maximum Gasteiger partial charge on any atom is 0.159 e. The lowest BCUT2D eigenvalue weighted by Gasteiger charge is -2.33. The van der Waals surface area contributed by atoms with E-state index in [4.69, 9.17) is 5.73 Å². The van der Waals surface area contributed by atoms with Gasteiger partial charge >= 0.3 is 0 Å². The maximum absolute atomic E-state index is 6.08. The molecule has 6 nitrogen and oxygen atoms in total. The molecule has 3 heterocycles. The van der Waals surface area contributed by atoms with E-state index in [-0.39, 0.29) is 0 Å². The molecule has 2 aromatic rings. The Morgan fingerprint density at radius 3 is 2.63 bits per heavy atom. The molecule has 0 amide bonds. The first-order chi connectivity index (χ1) is 9.17. The molecule has 0 bridgehead atoms. The molecule has 0 aliphatic carbocycles. The van der Waals surface area contributed by atoms with Gasteiger partial charge < -0.3 is 15.5 Å². The molecule has 0 saturated carbocycles. The van der Waals surface area contributed by atoms with E-state index >= 15 is 0 Å². The van der Waals surface area contributed by atoms with E-state index < -0.39 is 0 Å². The summed E-state index contributed by atoms with van der Waals surface area (Å²) in [6, 6.07) is 3.93. The van der Waals surface area contributed by atoms with Crippen molar-refractivity contribution >= 4 is 17.3 Å². The quantitative estimate of drug-likeness (QED) is 0.858. The summed E-state index contributed by atoms with van der Waals surface area (Å²) in [5, 5.41) is 4.43. The molecule has 1 aliphatic heterocycles. The number of likely N-dealkylation sites (N-methyl/N-ethyl adjacent to an activating group) is 1. The van der Waals surface area contributed by atoms with Crippen molar-refractivity contribution in [3.8, 4) is 0 Å². The number of nitrogens with two attached hydrogens (primary N) is 1. The second kappa shape index (κ2) is 4.70. The van der Waals surface area contributed by atoms with Crippen LogP contribution in [0.2, 0.25) is 0 Å². The number of fused-ring (bicyclic) bond motifs is 1. The SMILES string of the molecule is CCc1cc2nc(N3CCN(C)CC3)cc(N)n2n1. The number of anilines is 2. The molecule has 3 rings (SSSR count). The number of hydrogen-bond donors (Lipinski definition) is 1. The fourth-order valence-electron chi connectivity index (χ4n) is 2.40. The van der Waals surface area contributed by atoms with Crippen molar-refractivity contribution in [2.75, 3.05) is 43.9 Å². The third-order valence-corrected chi connectivity index (χ3v) is 3.68. The van der Waals surface area contributed by atoms with Gasteiger partial charge in [0.25, 0.3) is 0 Å². The lowest BCUT2D eigenvalue weighted by Crippen LogP contribution is -2.44. The predicted molar refractivity (Wildman–Crippen MR) is 76.5 cm³/mol. The van der Waals surface area contributed by atoms with E-state index in [1.165, 1.54) is 0 Å². The lowest BCUT2D eigenvalue weighted by atomic mass is 10.3. The van der Waals surface area contributed by atoms with Crippen LogP contribution in [0.1, 0.15) is 12.6 Å². The van der Waals surface area contributed by atoms with Gasteiger partial charge in [0.1, 0.15) is 11.6 Å². The number of piperazine rings is 1. The predicted octanol–water partition coefficient (Wildman–Crippen LogP) is 0.626. The van der Waals surface area contributed by atoms with Crippen molar-refractivity contribution in [1.29, 1.82) is 0 Å². The number of aromatic nitrogens is 3. The van der Waals surface area contributed by atoms with Crippen LogP contribution in [0.5, 0.6) is 0 Å². The van der Waals surface area contributed by atoms with Crippen LogP contribution in [-0.4, -0.2) is 52.7 Å². The lowest BCUT2D eigenvalue weighted by molar-refractivity contribution is 0.312. The molecule has 0 unspecified atom stereocenters. The van der Waals surface area contributed by atoms with Gasteiger partial charge in [-0.2, -0.15) is 9.61 Å². The standard InChI is InChI=1S/C13H20N6/c1-3-10-8-13-15-12(9-11(14)19(13)16-10)18-6-4-17(2)5-7-18/h8-9H,3-7,14H2,1-2H3. The first kappa shape index (κ1) is 12.2. The zero-order valence-electron chi connectivity index (χ0n) is 11.5. The molecule has 1 saturated heterocycles. The van der Waals surface area contributed by atoms with Gasteiger partial charge in [-0.05, 0) is 13.5 Å². The van der Waals surface area contributed by atoms with E-state index in [1.54, 1.807) is 4.52 Å². The molecule has 19 heavy (non-hydrogen) atoms. The Morgan fingerprint density at radius 1 is 1.21 bits per heavy atom. The first-order valence-electron chi connectivity index (χ1n) is 6.76. The highest BCUT2D eigenvalue weighted by Gasteiger charge is 2.17. The fourth-order valence-corrected chi connectivity index (χ4v) is 2.40. The highest BCUT2D eigenvalue weighted by atomic mass is 15.3. The van der Waals surface area contributed by atoms with E-state index in [9.17, 15) is 0 Å². The number of rotatable bonds is 2. The van der Waals surface area contributed by atoms with Crippen molar-refractivity contribution in [2.24, 2.45) is 0 Å². The Labute approximate surface area is 112 Å². The monoisotopic (exact) mass is 260 g/mol. The number of hydrogen-bond acceptors (Lipinski definition) is 5. The average molecular weight is 260 g/mol. The summed E-state index contributed by atoms with van der Waals surface area (Å²) < 4.78 is 1.72. The van der Waals surface area contributed by atoms with Crippen LogP contribution in [0.4, 0.5) is 11.6 Å². The molecular weight excluding hydrogens is 240 g/mol. The highest BCUT2D eigenvalue weighted by Crippen LogP contribution is 2.19. The first-order valence-corrected chi connectivity index (χ1v) is 6.76. The Morgan fingerprint density at radius 2 is 1.95 bits per heavy atom. The molecule has 2 N–H and O–H groups in total. The minimum atomic E-state index is 0.652. The van der Waals surface area contributed by atoms with Gasteiger partial charge in [-0.1, -0.05) is 6.92 Å². The van der Waals surface area contributed by atoms with Crippen molar-refractivity contribution in [1.82, 2.24) is 19.5 Å². The fraction of sp³-hybridized carbons (Fsp3) is 0.538. The van der Waals surface area contributed by atoms with Crippen LogP contribution in [0.15, 0.2) is 12.1 Å². The van der Waals surface area contributed by atoms with Crippen molar-refractivity contribution in [3.63, 3.8) is 0 Å². The van der Waals surface area contributed by atoms with E-state index in [1.807, 2.05) is 12.1 Å². The van der Waals surface area contributed by atoms with Crippen molar-refractivity contribution in [2.45, 2.75) is 13.3 Å². The Bertz CT molecular complexity index is 582. The largest absolute Gasteiger partial charge is 0.383 e. The van der Waals surface area contributed by atoms with Gasteiger partial charge in [0, 0.05) is 38.3 Å². The van der Waals surface area contributed by atoms with E-state index in [2.05, 4.69) is 33.9 Å². The van der Waals surface area contributed by atoms with Gasteiger partial charge in [0.2, 0.25) is 0 Å². The summed E-state index contributed by atoms with van der Waals surface area (Å²) in [7, 11) is 2.15. The number of nitrogens with zero attached hydrogens (tertiary/aromatic N) is 5. The molecular formula is C13H20N6. The van der Waals surface area contributed by atoms with E-state index in [0.29, 0.717) is 5.82 Å². The second-order valence-electron chi connectivity index (χ2n) is 5.09. The Balaban J connectivity index is 1.96. The molecule has 0 radical (unpaired) electrons. The van der Waals surface area contributed by atoms with Crippen LogP contribution in [0.25, 0.3) is 5.65 Å². The molecule has 0 spiro atoms. The van der Waals surface area contributed by atoms with Crippen LogP contribution in [0.3, 0.4) is 0 Å². The topological polar surface area (TPSA) is 62.7 Å². The minimum Gasteiger partial charge on any atom is -0.383 e. The zero-order valence-corrected chi connectivity index (χ0v) is 11.5. The molecule has 6 heteroatoms. The average Bonchev–Trinajstić information content (AvgIpc) is 2.83. The third-order valence-electron chi connectivity index (χ3n) is 3.68. The maximum atomic E-state index is 6.08. The van der Waals surface area contributed by atoms with Crippen LogP contribution in [0, 0.1) is 0 Å². The summed E-state index contributed by atoms with van der Waals surface area (Å²) in [4.78, 5) is 9.29. The summed E-state index contributed by atoms with van der Waals surface area (Å²) in [5.74, 6) is 1.61. The summed E-state index contributed by atoms with van der Waals surface area (Å²) in [6.07, 6.45) is 0.895. The molecule has 0 atom stereocenters. The summed E-state index contributed by atoms with van der Waals surface area (Å²) in [5.41, 5.74) is 7.94. The molecule has 102 valence electrons. The highest BCUT2D eigenvalue weighted by molar-refractivity contribution is 5.57. The molecule has 2 aromatic heterocycles. The molecule has 1 aliphatic rings. The minimum absolute atomic E-state index is 0.652. The molecule has 1 fully saturated rings. The van der Waals surface area contributed by atoms with Gasteiger partial charge in [-0.25, -0.2) is 4.98 Å². The Kier molecular flexibility index (Phi) is 3.02. The smallest absolute Gasteiger partial charge is 0.159 e. The van der Waals surface area contributed by atoms with Crippen LogP contribution >= 0.6 is 0 Å². The van der Waals surface area contributed by atoms with Gasteiger partial charge in [-0.15, -0.1) is 0 Å². The van der Waals surface area contributed by atoms with Crippen LogP contribution in [-0.2, 0) is 6.42 Å². The molecule has 0 aromatic carbocycles. The van der Waals surface area contributed by atoms with Gasteiger partial charge in [0.15, 0.2) is 5.65 Å². The van der Waals surface area contributed by atoms with E-state index in [0.717, 1.165) is 49.8 Å². The number of nitrogen functional groups attached to an aromatic ring is 1. The van der Waals surface area contributed by atoms with Gasteiger partial charge in [-0.3, -0.25) is 0 Å². The van der Waals surface area contributed by atoms with Crippen molar-refractivity contribution < 1.29 is 0 Å². The Hall–Kier alpha value is -1.82. The summed E-state index contributed by atoms with van der Waals surface area (Å²) in [6.45, 7) is 6.19. The summed E-state index contributed by atoms with van der Waals surface area (Å²) >= 11 is 0. The van der Waals surface area contributed by atoms with Gasteiger partial charge in [0.05, 0.1) is 5.69 Å². The number of aryl methyl sites for hydroxylation is 1. The third kappa shape index (κ3) is 2.23. The zero-order chi connectivity index (χ0) is 13.4.